The molecule has 0 aliphatic carbocycles. The number of esters is 1. The molecule has 0 radical (unpaired) electrons. The van der Waals surface area contributed by atoms with Gasteiger partial charge in [-0.05, 0) is 37.5 Å². The summed E-state index contributed by atoms with van der Waals surface area (Å²) in [6.07, 6.45) is 0.741. The molecule has 3 rings (SSSR count). The zero-order valence-corrected chi connectivity index (χ0v) is 18.6. The van der Waals surface area contributed by atoms with Crippen LogP contribution in [0.1, 0.15) is 31.4 Å². The van der Waals surface area contributed by atoms with Crippen molar-refractivity contribution < 1.29 is 22.7 Å². The molecule has 31 heavy (non-hydrogen) atoms. The van der Waals surface area contributed by atoms with Crippen molar-refractivity contribution in [3.05, 3.63) is 66.2 Å². The maximum Gasteiger partial charge on any atom is 0.309 e. The minimum absolute atomic E-state index is 0.140. The highest BCUT2D eigenvalue weighted by atomic mass is 32.2. The van der Waals surface area contributed by atoms with Gasteiger partial charge in [-0.2, -0.15) is 4.31 Å². The molecule has 0 N–H and O–H groups in total. The summed E-state index contributed by atoms with van der Waals surface area (Å²) in [5, 5.41) is 0. The van der Waals surface area contributed by atoms with Gasteiger partial charge in [0, 0.05) is 20.1 Å². The van der Waals surface area contributed by atoms with Crippen LogP contribution in [0.5, 0.6) is 0 Å². The topological polar surface area (TPSA) is 84.0 Å². The fourth-order valence-electron chi connectivity index (χ4n) is 3.60. The van der Waals surface area contributed by atoms with Gasteiger partial charge in [-0.25, -0.2) is 8.42 Å². The van der Waals surface area contributed by atoms with E-state index < -0.39 is 21.9 Å². The lowest BCUT2D eigenvalue weighted by Gasteiger charge is -2.30. The first-order valence-corrected chi connectivity index (χ1v) is 11.8. The molecular formula is C23H28N2O5S. The van der Waals surface area contributed by atoms with E-state index in [4.69, 9.17) is 4.74 Å². The van der Waals surface area contributed by atoms with Crippen LogP contribution in [0.2, 0.25) is 0 Å². The lowest BCUT2D eigenvalue weighted by molar-refractivity contribution is -0.156. The van der Waals surface area contributed by atoms with E-state index in [2.05, 4.69) is 0 Å². The van der Waals surface area contributed by atoms with Crippen LogP contribution in [0.25, 0.3) is 0 Å². The van der Waals surface area contributed by atoms with Gasteiger partial charge in [0.1, 0.15) is 0 Å². The van der Waals surface area contributed by atoms with Crippen LogP contribution in [0.3, 0.4) is 0 Å². The number of amides is 1. The van der Waals surface area contributed by atoms with E-state index in [0.717, 1.165) is 5.56 Å². The van der Waals surface area contributed by atoms with Crippen molar-refractivity contribution in [2.24, 2.45) is 5.92 Å². The van der Waals surface area contributed by atoms with Gasteiger partial charge in [-0.1, -0.05) is 48.5 Å². The van der Waals surface area contributed by atoms with Gasteiger partial charge < -0.3 is 9.64 Å². The van der Waals surface area contributed by atoms with Crippen LogP contribution in [-0.2, 0) is 24.3 Å². The van der Waals surface area contributed by atoms with Crippen molar-refractivity contribution in [3.63, 3.8) is 0 Å². The highest BCUT2D eigenvalue weighted by molar-refractivity contribution is 7.89. The molecule has 1 saturated heterocycles. The average Bonchev–Trinajstić information content (AvgIpc) is 2.82. The predicted molar refractivity (Wildman–Crippen MR) is 117 cm³/mol. The number of piperidine rings is 1. The highest BCUT2D eigenvalue weighted by Gasteiger charge is 2.33. The Bertz CT molecular complexity index is 987. The molecule has 7 nitrogen and oxygen atoms in total. The van der Waals surface area contributed by atoms with Crippen LogP contribution in [-0.4, -0.2) is 56.2 Å². The molecule has 8 heteroatoms. The number of benzene rings is 2. The summed E-state index contributed by atoms with van der Waals surface area (Å²) >= 11 is 0. The molecule has 166 valence electrons. The van der Waals surface area contributed by atoms with Crippen LogP contribution in [0.4, 0.5) is 0 Å². The molecule has 0 bridgehead atoms. The number of nitrogens with zero attached hydrogens (tertiary/aromatic N) is 2. The van der Waals surface area contributed by atoms with Crippen molar-refractivity contribution in [1.82, 2.24) is 9.21 Å². The number of carbonyl (C=O) groups excluding carboxylic acids is 2. The molecule has 1 amide bonds. The summed E-state index contributed by atoms with van der Waals surface area (Å²) in [6.45, 7) is 2.08. The van der Waals surface area contributed by atoms with Crippen molar-refractivity contribution >= 4 is 21.9 Å². The van der Waals surface area contributed by atoms with Crippen LogP contribution in [0, 0.1) is 5.92 Å². The molecule has 0 spiro atoms. The number of carbonyl (C=O) groups is 2. The number of sulfonamides is 1. The fourth-order valence-corrected chi connectivity index (χ4v) is 5.09. The fraction of sp³-hybridized carbons (Fsp3) is 0.391. The van der Waals surface area contributed by atoms with E-state index in [1.807, 2.05) is 37.3 Å². The van der Waals surface area contributed by atoms with Crippen molar-refractivity contribution in [2.45, 2.75) is 30.7 Å². The van der Waals surface area contributed by atoms with Gasteiger partial charge >= 0.3 is 5.97 Å². The summed E-state index contributed by atoms with van der Waals surface area (Å²) in [5.74, 6) is -1.15. The first-order valence-electron chi connectivity index (χ1n) is 10.3. The van der Waals surface area contributed by atoms with E-state index in [-0.39, 0.29) is 36.5 Å². The van der Waals surface area contributed by atoms with Crippen LogP contribution < -0.4 is 0 Å². The number of hydrogen-bond acceptors (Lipinski definition) is 5. The summed E-state index contributed by atoms with van der Waals surface area (Å²) in [6, 6.07) is 17.7. The zero-order valence-electron chi connectivity index (χ0n) is 17.8. The zero-order chi connectivity index (χ0) is 22.4. The second-order valence-electron chi connectivity index (χ2n) is 7.69. The minimum Gasteiger partial charge on any atom is -0.455 e. The summed E-state index contributed by atoms with van der Waals surface area (Å²) in [5.41, 5.74) is 0.997. The molecule has 1 fully saturated rings. The molecule has 1 aliphatic heterocycles. The van der Waals surface area contributed by atoms with E-state index in [1.165, 1.54) is 4.31 Å². The number of likely N-dealkylation sites (N-methyl/N-ethyl adjacent to an activating group) is 1. The quantitative estimate of drug-likeness (QED) is 0.613. The highest BCUT2D eigenvalue weighted by Crippen LogP contribution is 2.25. The Morgan fingerprint density at radius 3 is 2.16 bits per heavy atom. The maximum absolute atomic E-state index is 12.7. The molecule has 0 aromatic heterocycles. The Balaban J connectivity index is 1.48. The first-order chi connectivity index (χ1) is 14.8. The Hall–Kier alpha value is -2.71. The van der Waals surface area contributed by atoms with Crippen molar-refractivity contribution in [3.8, 4) is 0 Å². The summed E-state index contributed by atoms with van der Waals surface area (Å²) in [4.78, 5) is 26.7. The van der Waals surface area contributed by atoms with Crippen molar-refractivity contribution in [1.29, 1.82) is 0 Å². The molecule has 2 aromatic rings. The van der Waals surface area contributed by atoms with Gasteiger partial charge in [0.2, 0.25) is 10.0 Å². The smallest absolute Gasteiger partial charge is 0.309 e. The molecule has 1 heterocycles. The molecule has 0 saturated carbocycles. The second-order valence-corrected chi connectivity index (χ2v) is 9.63. The Labute approximate surface area is 183 Å². The molecule has 1 unspecified atom stereocenters. The number of ether oxygens (including phenoxy) is 1. The van der Waals surface area contributed by atoms with Crippen LogP contribution in [0.15, 0.2) is 65.6 Å². The molecule has 2 aromatic carbocycles. The maximum atomic E-state index is 12.7. The molecule has 1 atom stereocenters. The molecule has 1 aliphatic rings. The second kappa shape index (κ2) is 10.1. The lowest BCUT2D eigenvalue weighted by Crippen LogP contribution is -2.41. The van der Waals surface area contributed by atoms with Gasteiger partial charge in [0.15, 0.2) is 6.61 Å². The summed E-state index contributed by atoms with van der Waals surface area (Å²) in [7, 11) is -1.88. The van der Waals surface area contributed by atoms with Crippen molar-refractivity contribution in [2.75, 3.05) is 26.7 Å². The van der Waals surface area contributed by atoms with Gasteiger partial charge in [0.25, 0.3) is 5.91 Å². The normalized spacial score (nSPS) is 16.5. The van der Waals surface area contributed by atoms with E-state index in [1.54, 1.807) is 42.3 Å². The van der Waals surface area contributed by atoms with Crippen LogP contribution >= 0.6 is 0 Å². The SMILES string of the molecule is CC(c1ccccc1)N(C)C(=O)COC(=O)C1CCN(S(=O)(=O)c2ccccc2)CC1. The Kier molecular flexibility index (Phi) is 7.46. The van der Waals surface area contributed by atoms with Gasteiger partial charge in [-0.3, -0.25) is 9.59 Å². The van der Waals surface area contributed by atoms with E-state index in [0.29, 0.717) is 12.8 Å². The van der Waals surface area contributed by atoms with Gasteiger partial charge in [-0.15, -0.1) is 0 Å². The minimum atomic E-state index is -3.56. The number of hydrogen-bond donors (Lipinski definition) is 0. The Morgan fingerprint density at radius 1 is 1.03 bits per heavy atom. The third-order valence-corrected chi connectivity index (χ3v) is 7.68. The third-order valence-electron chi connectivity index (χ3n) is 5.76. The predicted octanol–water partition coefficient (Wildman–Crippen LogP) is 2.85. The lowest BCUT2D eigenvalue weighted by atomic mass is 9.98. The van der Waals surface area contributed by atoms with E-state index in [9.17, 15) is 18.0 Å². The average molecular weight is 445 g/mol. The summed E-state index contributed by atoms with van der Waals surface area (Å²) < 4.78 is 32.0. The van der Waals surface area contributed by atoms with E-state index >= 15 is 0 Å². The Morgan fingerprint density at radius 2 is 1.58 bits per heavy atom. The molecular weight excluding hydrogens is 416 g/mol. The number of rotatable bonds is 7. The van der Waals surface area contributed by atoms with Gasteiger partial charge in [0.05, 0.1) is 16.9 Å². The largest absolute Gasteiger partial charge is 0.455 e. The standard InChI is InChI=1S/C23H28N2O5S/c1-18(19-9-5-3-6-10-19)24(2)22(26)17-30-23(27)20-13-15-25(16-14-20)31(28,29)21-11-7-4-8-12-21/h3-12,18,20H,13-17H2,1-2H3. The first kappa shape index (κ1) is 23.0. The monoisotopic (exact) mass is 444 g/mol. The third kappa shape index (κ3) is 5.51.